The summed E-state index contributed by atoms with van der Waals surface area (Å²) in [6, 6.07) is 3.91. The Morgan fingerprint density at radius 3 is 2.91 bits per heavy atom. The first-order valence-corrected chi connectivity index (χ1v) is 8.24. The Balaban J connectivity index is 1.58. The zero-order valence-electron chi connectivity index (χ0n) is 12.8. The summed E-state index contributed by atoms with van der Waals surface area (Å²) in [5.41, 5.74) is 3.57. The number of aryl methyl sites for hydroxylation is 2. The lowest BCUT2D eigenvalue weighted by molar-refractivity contribution is -0.121. The highest BCUT2D eigenvalue weighted by atomic mass is 32.1. The van der Waals surface area contributed by atoms with Gasteiger partial charge in [0.15, 0.2) is 0 Å². The van der Waals surface area contributed by atoms with Gasteiger partial charge in [0.25, 0.3) is 0 Å². The third-order valence-corrected chi connectivity index (χ3v) is 4.65. The minimum absolute atomic E-state index is 0.0154. The number of carbonyl (C=O) groups is 1. The highest BCUT2D eigenvalue weighted by molar-refractivity contribution is 7.10. The van der Waals surface area contributed by atoms with Crippen LogP contribution >= 0.6 is 11.3 Å². The van der Waals surface area contributed by atoms with Crippen LogP contribution in [0.2, 0.25) is 0 Å². The Hall–Kier alpha value is -2.47. The molecule has 0 saturated carbocycles. The largest absolute Gasteiger partial charge is 0.472 e. The number of hydrogen-bond donors (Lipinski definition) is 1. The Morgan fingerprint density at radius 2 is 2.17 bits per heavy atom. The van der Waals surface area contributed by atoms with Crippen LogP contribution in [0.3, 0.4) is 0 Å². The SMILES string of the molecule is Cc1ccsc1CCC(=O)NCc1nccnc1-c1ccoc1. The summed E-state index contributed by atoms with van der Waals surface area (Å²) in [6.45, 7) is 2.43. The number of rotatable bonds is 6. The van der Waals surface area contributed by atoms with E-state index in [1.807, 2.05) is 6.07 Å². The smallest absolute Gasteiger partial charge is 0.220 e. The van der Waals surface area contributed by atoms with E-state index in [4.69, 9.17) is 4.42 Å². The van der Waals surface area contributed by atoms with Crippen molar-refractivity contribution in [2.75, 3.05) is 0 Å². The third kappa shape index (κ3) is 3.84. The van der Waals surface area contributed by atoms with Crippen molar-refractivity contribution < 1.29 is 9.21 Å². The number of nitrogens with zero attached hydrogens (tertiary/aromatic N) is 2. The van der Waals surface area contributed by atoms with Crippen LogP contribution < -0.4 is 5.32 Å². The number of aromatic nitrogens is 2. The topological polar surface area (TPSA) is 68.0 Å². The van der Waals surface area contributed by atoms with E-state index in [-0.39, 0.29) is 5.91 Å². The third-order valence-electron chi connectivity index (χ3n) is 3.57. The summed E-state index contributed by atoms with van der Waals surface area (Å²) >= 11 is 1.69. The molecule has 6 heteroatoms. The molecule has 0 aliphatic heterocycles. The predicted octanol–water partition coefficient (Wildman–Crippen LogP) is 3.36. The number of amides is 1. The van der Waals surface area contributed by atoms with E-state index in [1.54, 1.807) is 36.3 Å². The first-order valence-electron chi connectivity index (χ1n) is 7.36. The van der Waals surface area contributed by atoms with E-state index >= 15 is 0 Å². The van der Waals surface area contributed by atoms with Crippen LogP contribution in [-0.2, 0) is 17.8 Å². The molecular formula is C17H17N3O2S. The molecule has 0 radical (unpaired) electrons. The molecular weight excluding hydrogens is 310 g/mol. The number of hydrogen-bond acceptors (Lipinski definition) is 5. The van der Waals surface area contributed by atoms with Gasteiger partial charge in [-0.2, -0.15) is 0 Å². The average Bonchev–Trinajstić information content (AvgIpc) is 3.23. The lowest BCUT2D eigenvalue weighted by atomic mass is 10.1. The van der Waals surface area contributed by atoms with Gasteiger partial charge in [0, 0.05) is 29.3 Å². The molecule has 0 bridgehead atoms. The van der Waals surface area contributed by atoms with Crippen LogP contribution in [0.5, 0.6) is 0 Å². The molecule has 0 unspecified atom stereocenters. The summed E-state index contributed by atoms with van der Waals surface area (Å²) < 4.78 is 5.09. The van der Waals surface area contributed by atoms with Crippen molar-refractivity contribution in [1.29, 1.82) is 0 Å². The minimum atomic E-state index is 0.0154. The first kappa shape index (κ1) is 15.4. The van der Waals surface area contributed by atoms with Crippen LogP contribution in [0.1, 0.15) is 22.6 Å². The van der Waals surface area contributed by atoms with Gasteiger partial charge in [-0.25, -0.2) is 0 Å². The van der Waals surface area contributed by atoms with Crippen LogP contribution in [-0.4, -0.2) is 15.9 Å². The fraction of sp³-hybridized carbons (Fsp3) is 0.235. The molecule has 3 aromatic heterocycles. The number of furan rings is 1. The van der Waals surface area contributed by atoms with Crippen molar-refractivity contribution >= 4 is 17.2 Å². The standard InChI is InChI=1S/C17H17N3O2S/c1-12-5-9-23-15(12)2-3-16(21)20-10-14-17(19-7-6-18-14)13-4-8-22-11-13/h4-9,11H,2-3,10H2,1H3,(H,20,21). The minimum Gasteiger partial charge on any atom is -0.472 e. The van der Waals surface area contributed by atoms with Gasteiger partial charge >= 0.3 is 0 Å². The molecule has 3 heterocycles. The quantitative estimate of drug-likeness (QED) is 0.754. The van der Waals surface area contributed by atoms with Gasteiger partial charge in [0.2, 0.25) is 5.91 Å². The molecule has 0 aliphatic carbocycles. The zero-order valence-corrected chi connectivity index (χ0v) is 13.6. The van der Waals surface area contributed by atoms with E-state index in [9.17, 15) is 4.79 Å². The monoisotopic (exact) mass is 327 g/mol. The highest BCUT2D eigenvalue weighted by Gasteiger charge is 2.11. The number of nitrogens with one attached hydrogen (secondary N) is 1. The molecule has 23 heavy (non-hydrogen) atoms. The summed E-state index contributed by atoms with van der Waals surface area (Å²) in [5.74, 6) is 0.0154. The van der Waals surface area contributed by atoms with E-state index < -0.39 is 0 Å². The maximum absolute atomic E-state index is 12.0. The van der Waals surface area contributed by atoms with Crippen LogP contribution in [0.4, 0.5) is 0 Å². The second-order valence-electron chi connectivity index (χ2n) is 5.17. The van der Waals surface area contributed by atoms with Crippen LogP contribution in [0.15, 0.2) is 46.8 Å². The van der Waals surface area contributed by atoms with Crippen molar-refractivity contribution in [3.63, 3.8) is 0 Å². The van der Waals surface area contributed by atoms with Gasteiger partial charge in [-0.1, -0.05) is 0 Å². The van der Waals surface area contributed by atoms with E-state index in [0.29, 0.717) is 13.0 Å². The summed E-state index contributed by atoms with van der Waals surface area (Å²) in [6.07, 6.45) is 7.71. The van der Waals surface area contributed by atoms with E-state index in [0.717, 1.165) is 23.4 Å². The molecule has 0 aliphatic rings. The van der Waals surface area contributed by atoms with Gasteiger partial charge in [-0.15, -0.1) is 11.3 Å². The highest BCUT2D eigenvalue weighted by Crippen LogP contribution is 2.20. The molecule has 0 saturated heterocycles. The predicted molar refractivity (Wildman–Crippen MR) is 89.0 cm³/mol. The average molecular weight is 327 g/mol. The molecule has 1 N–H and O–H groups in total. The molecule has 3 rings (SSSR count). The second kappa shape index (κ2) is 7.19. The van der Waals surface area contributed by atoms with Gasteiger partial charge in [0.1, 0.15) is 0 Å². The van der Waals surface area contributed by atoms with Crippen LogP contribution in [0.25, 0.3) is 11.3 Å². The fourth-order valence-corrected chi connectivity index (χ4v) is 3.20. The van der Waals surface area contributed by atoms with Gasteiger partial charge in [-0.05, 0) is 36.4 Å². The molecule has 5 nitrogen and oxygen atoms in total. The molecule has 1 amide bonds. The van der Waals surface area contributed by atoms with Gasteiger partial charge in [0.05, 0.1) is 30.5 Å². The maximum Gasteiger partial charge on any atom is 0.220 e. The van der Waals surface area contributed by atoms with E-state index in [2.05, 4.69) is 33.7 Å². The number of thiophene rings is 1. The lowest BCUT2D eigenvalue weighted by Crippen LogP contribution is -2.24. The second-order valence-corrected chi connectivity index (χ2v) is 6.17. The van der Waals surface area contributed by atoms with Crippen LogP contribution in [0, 0.1) is 6.92 Å². The van der Waals surface area contributed by atoms with E-state index in [1.165, 1.54) is 10.4 Å². The molecule has 0 atom stereocenters. The molecule has 0 fully saturated rings. The zero-order chi connectivity index (χ0) is 16.1. The Labute approximate surface area is 138 Å². The molecule has 3 aromatic rings. The Bertz CT molecular complexity index is 781. The summed E-state index contributed by atoms with van der Waals surface area (Å²) in [7, 11) is 0. The molecule has 0 spiro atoms. The summed E-state index contributed by atoms with van der Waals surface area (Å²) in [5, 5.41) is 4.97. The summed E-state index contributed by atoms with van der Waals surface area (Å²) in [4.78, 5) is 21.9. The van der Waals surface area contributed by atoms with Crippen molar-refractivity contribution in [3.8, 4) is 11.3 Å². The van der Waals surface area contributed by atoms with Crippen molar-refractivity contribution in [2.24, 2.45) is 0 Å². The fourth-order valence-electron chi connectivity index (χ4n) is 2.29. The Morgan fingerprint density at radius 1 is 1.30 bits per heavy atom. The number of carbonyl (C=O) groups excluding carboxylic acids is 1. The van der Waals surface area contributed by atoms with Gasteiger partial charge in [-0.3, -0.25) is 14.8 Å². The first-order chi connectivity index (χ1) is 11.2. The molecule has 0 aromatic carbocycles. The van der Waals surface area contributed by atoms with Crippen molar-refractivity contribution in [1.82, 2.24) is 15.3 Å². The molecule has 118 valence electrons. The lowest BCUT2D eigenvalue weighted by Gasteiger charge is -2.07. The van der Waals surface area contributed by atoms with Crippen molar-refractivity contribution in [3.05, 3.63) is 58.6 Å². The van der Waals surface area contributed by atoms with Crippen molar-refractivity contribution in [2.45, 2.75) is 26.3 Å². The maximum atomic E-state index is 12.0. The normalized spacial score (nSPS) is 10.7. The Kier molecular flexibility index (Phi) is 4.83. The van der Waals surface area contributed by atoms with Gasteiger partial charge < -0.3 is 9.73 Å².